The van der Waals surface area contributed by atoms with Crippen LogP contribution in [0.25, 0.3) is 0 Å². The molecule has 6 heteroatoms. The van der Waals surface area contributed by atoms with Crippen molar-refractivity contribution < 1.29 is 18.3 Å². The van der Waals surface area contributed by atoms with E-state index in [4.69, 9.17) is 0 Å². The van der Waals surface area contributed by atoms with Gasteiger partial charge in [-0.25, -0.2) is 0 Å². The molecule has 0 unspecified atom stereocenters. The molecular formula is C19H27F3N2O. The lowest BCUT2D eigenvalue weighted by molar-refractivity contribution is -0.137. The maximum Gasteiger partial charge on any atom is 0.416 e. The van der Waals surface area contributed by atoms with E-state index in [9.17, 15) is 18.3 Å². The molecule has 1 N–H and O–H groups in total. The highest BCUT2D eigenvalue weighted by atomic mass is 19.4. The molecule has 0 aromatic heterocycles. The van der Waals surface area contributed by atoms with Crippen LogP contribution >= 0.6 is 0 Å². The van der Waals surface area contributed by atoms with Crippen molar-refractivity contribution in [1.29, 1.82) is 0 Å². The molecule has 1 saturated heterocycles. The van der Waals surface area contributed by atoms with Gasteiger partial charge in [-0.15, -0.1) is 0 Å². The fourth-order valence-corrected chi connectivity index (χ4v) is 4.30. The zero-order chi connectivity index (χ0) is 17.9. The van der Waals surface area contributed by atoms with Crippen molar-refractivity contribution in [2.45, 2.75) is 56.9 Å². The van der Waals surface area contributed by atoms with Crippen molar-refractivity contribution in [3.8, 4) is 0 Å². The summed E-state index contributed by atoms with van der Waals surface area (Å²) in [5, 5.41) is 9.41. The van der Waals surface area contributed by atoms with Gasteiger partial charge >= 0.3 is 6.18 Å². The maximum atomic E-state index is 12.9. The summed E-state index contributed by atoms with van der Waals surface area (Å²) in [7, 11) is 0. The molecule has 3 rings (SSSR count). The summed E-state index contributed by atoms with van der Waals surface area (Å²) >= 11 is 0. The Morgan fingerprint density at radius 2 is 1.88 bits per heavy atom. The lowest BCUT2D eigenvalue weighted by Gasteiger charge is -2.44. The van der Waals surface area contributed by atoms with Gasteiger partial charge in [-0.2, -0.15) is 13.2 Å². The topological polar surface area (TPSA) is 26.7 Å². The fourth-order valence-electron chi connectivity index (χ4n) is 4.30. The smallest absolute Gasteiger partial charge is 0.396 e. The second kappa shape index (κ2) is 8.06. The summed E-state index contributed by atoms with van der Waals surface area (Å²) < 4.78 is 38.7. The van der Waals surface area contributed by atoms with Gasteiger partial charge in [0.1, 0.15) is 0 Å². The van der Waals surface area contributed by atoms with Crippen LogP contribution in [0.4, 0.5) is 13.2 Å². The average Bonchev–Trinajstić information content (AvgIpc) is 3.09. The van der Waals surface area contributed by atoms with E-state index in [0.29, 0.717) is 24.2 Å². The normalized spacial score (nSPS) is 24.1. The summed E-state index contributed by atoms with van der Waals surface area (Å²) in [6, 6.07) is 6.54. The number of aliphatic hydroxyl groups excluding tert-OH is 1. The first-order valence-electron chi connectivity index (χ1n) is 9.22. The highest BCUT2D eigenvalue weighted by Crippen LogP contribution is 2.31. The lowest BCUT2D eigenvalue weighted by Crippen LogP contribution is -2.56. The number of piperazine rings is 1. The van der Waals surface area contributed by atoms with Gasteiger partial charge in [-0.05, 0) is 30.9 Å². The first-order chi connectivity index (χ1) is 12.0. The number of benzene rings is 1. The van der Waals surface area contributed by atoms with Crippen molar-refractivity contribution in [3.63, 3.8) is 0 Å². The molecule has 140 valence electrons. The van der Waals surface area contributed by atoms with Crippen molar-refractivity contribution in [2.75, 3.05) is 26.2 Å². The van der Waals surface area contributed by atoms with Gasteiger partial charge in [-0.1, -0.05) is 31.0 Å². The van der Waals surface area contributed by atoms with Gasteiger partial charge in [-0.3, -0.25) is 9.80 Å². The monoisotopic (exact) mass is 356 g/mol. The largest absolute Gasteiger partial charge is 0.416 e. The van der Waals surface area contributed by atoms with E-state index < -0.39 is 11.7 Å². The third kappa shape index (κ3) is 4.74. The third-order valence-corrected chi connectivity index (χ3v) is 5.53. The summed E-state index contributed by atoms with van der Waals surface area (Å²) in [5.74, 6) is 0. The Morgan fingerprint density at radius 3 is 2.56 bits per heavy atom. The average molecular weight is 356 g/mol. The van der Waals surface area contributed by atoms with Crippen molar-refractivity contribution >= 4 is 0 Å². The van der Waals surface area contributed by atoms with E-state index in [1.165, 1.54) is 37.8 Å². The summed E-state index contributed by atoms with van der Waals surface area (Å²) in [5.41, 5.74) is 0.119. The molecule has 0 amide bonds. The molecule has 0 spiro atoms. The Labute approximate surface area is 147 Å². The van der Waals surface area contributed by atoms with Crippen LogP contribution < -0.4 is 0 Å². The second-order valence-corrected chi connectivity index (χ2v) is 7.28. The quantitative estimate of drug-likeness (QED) is 0.875. The molecule has 0 bridgehead atoms. The predicted octanol–water partition coefficient (Wildman–Crippen LogP) is 3.52. The van der Waals surface area contributed by atoms with E-state index in [2.05, 4.69) is 9.80 Å². The number of alkyl halides is 3. The van der Waals surface area contributed by atoms with Crippen LogP contribution in [0.15, 0.2) is 24.3 Å². The highest BCUT2D eigenvalue weighted by Gasteiger charge is 2.33. The van der Waals surface area contributed by atoms with Crippen LogP contribution in [0.2, 0.25) is 0 Å². The third-order valence-electron chi connectivity index (χ3n) is 5.53. The molecule has 3 nitrogen and oxygen atoms in total. The Morgan fingerprint density at radius 1 is 1.12 bits per heavy atom. The highest BCUT2D eigenvalue weighted by molar-refractivity contribution is 5.25. The predicted molar refractivity (Wildman–Crippen MR) is 91.2 cm³/mol. The number of rotatable bonds is 5. The first-order valence-corrected chi connectivity index (χ1v) is 9.22. The minimum atomic E-state index is -4.30. The van der Waals surface area contributed by atoms with Crippen LogP contribution in [0.3, 0.4) is 0 Å². The van der Waals surface area contributed by atoms with Gasteiger partial charge in [0.15, 0.2) is 0 Å². The number of aliphatic hydroxyl groups is 1. The number of hydrogen-bond donors (Lipinski definition) is 1. The van der Waals surface area contributed by atoms with Gasteiger partial charge in [0.05, 0.1) is 5.56 Å². The molecule has 2 aliphatic rings. The van der Waals surface area contributed by atoms with Crippen LogP contribution in [0, 0.1) is 0 Å². The fraction of sp³-hybridized carbons (Fsp3) is 0.684. The number of halogens is 3. The molecule has 1 aromatic rings. The summed E-state index contributed by atoms with van der Waals surface area (Å²) in [6.07, 6.45) is 1.46. The minimum absolute atomic E-state index is 0.158. The van der Waals surface area contributed by atoms with Crippen LogP contribution in [0.1, 0.15) is 43.2 Å². The standard InChI is InChI=1S/C19H27F3N2O/c20-19(21,22)16-5-3-4-15(12-16)13-23-9-10-24(17-6-1-2-7-17)18(14-23)8-11-25/h3-5,12,17-18,25H,1-2,6-11,13-14H2/t18-/m0/s1. The van der Waals surface area contributed by atoms with E-state index in [1.54, 1.807) is 6.07 Å². The van der Waals surface area contributed by atoms with Crippen molar-refractivity contribution in [1.82, 2.24) is 9.80 Å². The van der Waals surface area contributed by atoms with Crippen molar-refractivity contribution in [2.24, 2.45) is 0 Å². The molecule has 1 heterocycles. The van der Waals surface area contributed by atoms with Crippen LogP contribution in [-0.4, -0.2) is 53.2 Å². The molecule has 1 atom stereocenters. The van der Waals surface area contributed by atoms with Gasteiger partial charge < -0.3 is 5.11 Å². The van der Waals surface area contributed by atoms with Crippen LogP contribution in [0.5, 0.6) is 0 Å². The van der Waals surface area contributed by atoms with E-state index in [0.717, 1.165) is 32.1 Å². The summed E-state index contributed by atoms with van der Waals surface area (Å²) in [4.78, 5) is 4.76. The Balaban J connectivity index is 1.64. The SMILES string of the molecule is OCC[C@H]1CN(Cc2cccc(C(F)(F)F)c2)CCN1C1CCCC1. The Hall–Kier alpha value is -1.11. The van der Waals surface area contributed by atoms with E-state index in [-0.39, 0.29) is 6.61 Å². The lowest BCUT2D eigenvalue weighted by atomic mass is 10.0. The van der Waals surface area contributed by atoms with Crippen LogP contribution in [-0.2, 0) is 12.7 Å². The molecular weight excluding hydrogens is 329 g/mol. The zero-order valence-corrected chi connectivity index (χ0v) is 14.5. The van der Waals surface area contributed by atoms with Gasteiger partial charge in [0.2, 0.25) is 0 Å². The molecule has 1 saturated carbocycles. The number of nitrogens with zero attached hydrogens (tertiary/aromatic N) is 2. The van der Waals surface area contributed by atoms with Gasteiger partial charge in [0, 0.05) is 44.9 Å². The Kier molecular flexibility index (Phi) is 6.02. The molecule has 1 aliphatic heterocycles. The Bertz CT molecular complexity index is 558. The van der Waals surface area contributed by atoms with E-state index in [1.807, 2.05) is 0 Å². The molecule has 1 aliphatic carbocycles. The van der Waals surface area contributed by atoms with Crippen molar-refractivity contribution in [3.05, 3.63) is 35.4 Å². The molecule has 25 heavy (non-hydrogen) atoms. The first kappa shape index (κ1) is 18.7. The molecule has 2 fully saturated rings. The van der Waals surface area contributed by atoms with Gasteiger partial charge in [0.25, 0.3) is 0 Å². The molecule has 0 radical (unpaired) electrons. The zero-order valence-electron chi connectivity index (χ0n) is 14.5. The maximum absolute atomic E-state index is 12.9. The minimum Gasteiger partial charge on any atom is -0.396 e. The second-order valence-electron chi connectivity index (χ2n) is 7.28. The molecule has 1 aromatic carbocycles. The summed E-state index contributed by atoms with van der Waals surface area (Å²) in [6.45, 7) is 3.31. The van der Waals surface area contributed by atoms with E-state index >= 15 is 0 Å². The number of hydrogen-bond acceptors (Lipinski definition) is 3.